The van der Waals surface area contributed by atoms with Crippen LogP contribution < -0.4 is 11.4 Å². The second-order valence-corrected chi connectivity index (χ2v) is 5.07. The van der Waals surface area contributed by atoms with Gasteiger partial charge in [-0.2, -0.15) is 22.5 Å². The van der Waals surface area contributed by atoms with E-state index in [-0.39, 0.29) is 22.9 Å². The molecule has 1 aromatic carbocycles. The lowest BCUT2D eigenvalue weighted by molar-refractivity contribution is -0.138. The van der Waals surface area contributed by atoms with Gasteiger partial charge in [0.2, 0.25) is 0 Å². The van der Waals surface area contributed by atoms with Gasteiger partial charge in [-0.1, -0.05) is 0 Å². The number of tetrazole rings is 1. The molecule has 2 N–H and O–H groups in total. The summed E-state index contributed by atoms with van der Waals surface area (Å²) in [6.45, 7) is 0. The summed E-state index contributed by atoms with van der Waals surface area (Å²) < 4.78 is 41.5. The lowest BCUT2D eigenvalue weighted by Crippen LogP contribution is -2.24. The summed E-state index contributed by atoms with van der Waals surface area (Å²) in [5.41, 5.74) is 4.20. The van der Waals surface area contributed by atoms with Crippen LogP contribution in [0.25, 0.3) is 5.69 Å². The Morgan fingerprint density at radius 1 is 1.29 bits per heavy atom. The van der Waals surface area contributed by atoms with Crippen LogP contribution in [0.2, 0.25) is 0 Å². The highest BCUT2D eigenvalue weighted by atomic mass is 19.4. The minimum atomic E-state index is -4.53. The molecule has 1 aromatic heterocycles. The van der Waals surface area contributed by atoms with Crippen molar-refractivity contribution >= 4 is 5.69 Å². The van der Waals surface area contributed by atoms with E-state index in [4.69, 9.17) is 5.73 Å². The molecule has 112 valence electrons. The summed E-state index contributed by atoms with van der Waals surface area (Å²) in [5.74, 6) is -0.230. The van der Waals surface area contributed by atoms with E-state index < -0.39 is 17.4 Å². The van der Waals surface area contributed by atoms with Gasteiger partial charge in [0.05, 0.1) is 11.3 Å². The molecule has 0 amide bonds. The summed E-state index contributed by atoms with van der Waals surface area (Å²) in [5, 5.41) is 7.14. The molecule has 0 saturated heterocycles. The van der Waals surface area contributed by atoms with Crippen molar-refractivity contribution in [3.8, 4) is 5.69 Å². The van der Waals surface area contributed by atoms with Gasteiger partial charge in [0.1, 0.15) is 0 Å². The van der Waals surface area contributed by atoms with Crippen LogP contribution in [0.3, 0.4) is 0 Å². The highest BCUT2D eigenvalue weighted by Gasteiger charge is 2.40. The van der Waals surface area contributed by atoms with Gasteiger partial charge >= 0.3 is 11.9 Å². The van der Waals surface area contributed by atoms with Crippen molar-refractivity contribution < 1.29 is 13.2 Å². The smallest absolute Gasteiger partial charge is 0.399 e. The normalized spacial score (nSPS) is 15.4. The standard InChI is InChI=1S/C12H12F3N5O/c1-19-11(21)20(18-17-19)9-5-7(16)4-8(12(13,14)15)10(9)6-2-3-6/h4-6H,2-3,16H2,1H3. The Labute approximate surface area is 116 Å². The Morgan fingerprint density at radius 2 is 1.95 bits per heavy atom. The molecule has 0 aliphatic heterocycles. The summed E-state index contributed by atoms with van der Waals surface area (Å²) in [4.78, 5) is 11.9. The van der Waals surface area contributed by atoms with Crippen LogP contribution in [0, 0.1) is 0 Å². The monoisotopic (exact) mass is 299 g/mol. The number of benzene rings is 1. The lowest BCUT2D eigenvalue weighted by atomic mass is 9.99. The third-order valence-electron chi connectivity index (χ3n) is 3.42. The van der Waals surface area contributed by atoms with Gasteiger partial charge in [-0.05, 0) is 46.9 Å². The zero-order valence-corrected chi connectivity index (χ0v) is 11.1. The molecule has 3 rings (SSSR count). The van der Waals surface area contributed by atoms with Crippen molar-refractivity contribution in [2.75, 3.05) is 5.73 Å². The maximum atomic E-state index is 13.2. The lowest BCUT2D eigenvalue weighted by Gasteiger charge is -2.17. The minimum absolute atomic E-state index is 0.0583. The molecule has 6 nitrogen and oxygen atoms in total. The van der Waals surface area contributed by atoms with E-state index in [9.17, 15) is 18.0 Å². The Kier molecular flexibility index (Phi) is 2.82. The van der Waals surface area contributed by atoms with Gasteiger partial charge in [-0.15, -0.1) is 0 Å². The van der Waals surface area contributed by atoms with Crippen molar-refractivity contribution in [2.45, 2.75) is 24.9 Å². The van der Waals surface area contributed by atoms with Crippen LogP contribution >= 0.6 is 0 Å². The van der Waals surface area contributed by atoms with Crippen molar-refractivity contribution in [1.29, 1.82) is 0 Å². The van der Waals surface area contributed by atoms with E-state index in [1.54, 1.807) is 0 Å². The fourth-order valence-corrected chi connectivity index (χ4v) is 2.34. The Bertz CT molecular complexity index is 757. The fourth-order valence-electron chi connectivity index (χ4n) is 2.34. The predicted molar refractivity (Wildman–Crippen MR) is 68.0 cm³/mol. The van der Waals surface area contributed by atoms with Crippen molar-refractivity contribution in [1.82, 2.24) is 19.8 Å². The third kappa shape index (κ3) is 2.28. The number of nitrogens with two attached hydrogens (primary N) is 1. The molecule has 0 radical (unpaired) electrons. The first-order valence-corrected chi connectivity index (χ1v) is 6.29. The molecule has 1 saturated carbocycles. The molecule has 0 atom stereocenters. The van der Waals surface area contributed by atoms with Crippen LogP contribution in [0.4, 0.5) is 18.9 Å². The zero-order chi connectivity index (χ0) is 15.4. The molecule has 1 aliphatic carbocycles. The van der Waals surface area contributed by atoms with E-state index >= 15 is 0 Å². The van der Waals surface area contributed by atoms with Crippen molar-refractivity contribution in [3.05, 3.63) is 33.7 Å². The molecule has 0 spiro atoms. The molecule has 0 unspecified atom stereocenters. The van der Waals surface area contributed by atoms with Gasteiger partial charge < -0.3 is 5.73 Å². The van der Waals surface area contributed by atoms with E-state index in [2.05, 4.69) is 10.4 Å². The number of aromatic nitrogens is 4. The number of nitrogen functional groups attached to an aromatic ring is 1. The first-order valence-electron chi connectivity index (χ1n) is 6.29. The second kappa shape index (κ2) is 4.34. The van der Waals surface area contributed by atoms with Crippen LogP contribution in [0.15, 0.2) is 16.9 Å². The number of hydrogen-bond donors (Lipinski definition) is 1. The average Bonchev–Trinajstić information content (AvgIpc) is 3.16. The number of hydrogen-bond acceptors (Lipinski definition) is 4. The molecule has 1 heterocycles. The first kappa shape index (κ1) is 13.7. The maximum absolute atomic E-state index is 13.2. The number of aryl methyl sites for hydroxylation is 1. The maximum Gasteiger partial charge on any atom is 0.416 e. The second-order valence-electron chi connectivity index (χ2n) is 5.07. The summed E-state index contributed by atoms with van der Waals surface area (Å²) in [6, 6.07) is 2.23. The highest BCUT2D eigenvalue weighted by Crippen LogP contribution is 2.48. The minimum Gasteiger partial charge on any atom is -0.399 e. The number of anilines is 1. The van der Waals surface area contributed by atoms with Crippen molar-refractivity contribution in [3.63, 3.8) is 0 Å². The zero-order valence-electron chi connectivity index (χ0n) is 11.1. The van der Waals surface area contributed by atoms with Gasteiger partial charge in [0.25, 0.3) is 0 Å². The fraction of sp³-hybridized carbons (Fsp3) is 0.417. The van der Waals surface area contributed by atoms with Crippen LogP contribution in [-0.4, -0.2) is 19.8 Å². The molecule has 0 bridgehead atoms. The van der Waals surface area contributed by atoms with Crippen LogP contribution in [0.5, 0.6) is 0 Å². The van der Waals surface area contributed by atoms with Crippen LogP contribution in [-0.2, 0) is 13.2 Å². The Balaban J connectivity index is 2.32. The molecule has 9 heteroatoms. The third-order valence-corrected chi connectivity index (χ3v) is 3.42. The molecule has 1 fully saturated rings. The van der Waals surface area contributed by atoms with E-state index in [0.717, 1.165) is 15.4 Å². The molecule has 2 aromatic rings. The SMILES string of the molecule is Cn1nnn(-c2cc(N)cc(C(F)(F)F)c2C2CC2)c1=O. The molecule has 1 aliphatic rings. The summed E-state index contributed by atoms with van der Waals surface area (Å²) in [6.07, 6.45) is -3.24. The number of halogens is 3. The average molecular weight is 299 g/mol. The Hall–Kier alpha value is -2.32. The van der Waals surface area contributed by atoms with Gasteiger partial charge in [-0.25, -0.2) is 4.79 Å². The molecule has 21 heavy (non-hydrogen) atoms. The van der Waals surface area contributed by atoms with Crippen molar-refractivity contribution in [2.24, 2.45) is 7.05 Å². The number of nitrogens with zero attached hydrogens (tertiary/aromatic N) is 4. The predicted octanol–water partition coefficient (Wildman–Crippen LogP) is 1.44. The summed E-state index contributed by atoms with van der Waals surface area (Å²) in [7, 11) is 1.37. The number of rotatable bonds is 2. The van der Waals surface area contributed by atoms with Gasteiger partial charge in [0, 0.05) is 12.7 Å². The quantitative estimate of drug-likeness (QED) is 0.851. The van der Waals surface area contributed by atoms with E-state index in [0.29, 0.717) is 12.8 Å². The van der Waals surface area contributed by atoms with E-state index in [1.165, 1.54) is 13.1 Å². The summed E-state index contributed by atoms with van der Waals surface area (Å²) >= 11 is 0. The van der Waals surface area contributed by atoms with Gasteiger partial charge in [-0.3, -0.25) is 0 Å². The molecular formula is C12H12F3N5O. The van der Waals surface area contributed by atoms with Crippen LogP contribution in [0.1, 0.15) is 29.9 Å². The topological polar surface area (TPSA) is 78.7 Å². The van der Waals surface area contributed by atoms with E-state index in [1.807, 2.05) is 0 Å². The number of alkyl halides is 3. The highest BCUT2D eigenvalue weighted by molar-refractivity contribution is 5.59. The molecular weight excluding hydrogens is 287 g/mol. The van der Waals surface area contributed by atoms with Gasteiger partial charge in [0.15, 0.2) is 0 Å². The first-order chi connectivity index (χ1) is 9.79. The Morgan fingerprint density at radius 3 is 2.43 bits per heavy atom. The largest absolute Gasteiger partial charge is 0.416 e.